The molecular formula is C11H9N5OS. The fourth-order valence-electron chi connectivity index (χ4n) is 1.70. The van der Waals surface area contributed by atoms with Crippen LogP contribution in [0, 0.1) is 0 Å². The first-order valence-electron chi connectivity index (χ1n) is 5.29. The van der Waals surface area contributed by atoms with Crippen molar-refractivity contribution >= 4 is 41.0 Å². The van der Waals surface area contributed by atoms with E-state index >= 15 is 0 Å². The number of nitrogens with one attached hydrogen (secondary N) is 1. The van der Waals surface area contributed by atoms with E-state index < -0.39 is 0 Å². The van der Waals surface area contributed by atoms with Crippen LogP contribution < -0.4 is 5.32 Å². The number of rotatable bonds is 2. The predicted octanol–water partition coefficient (Wildman–Crippen LogP) is 1.15. The van der Waals surface area contributed by atoms with E-state index in [1.165, 1.54) is 4.52 Å². The van der Waals surface area contributed by atoms with Crippen LogP contribution in [-0.4, -0.2) is 31.2 Å². The number of nitrogens with zero attached hydrogens (tertiary/aromatic N) is 4. The molecule has 0 spiro atoms. The number of benzene rings is 1. The molecule has 0 radical (unpaired) electrons. The minimum atomic E-state index is -0.244. The lowest BCUT2D eigenvalue weighted by molar-refractivity contribution is -0.113. The number of carbonyl (C=O) groups is 1. The Morgan fingerprint density at radius 3 is 3.06 bits per heavy atom. The van der Waals surface area contributed by atoms with E-state index in [-0.39, 0.29) is 17.6 Å². The van der Waals surface area contributed by atoms with Gasteiger partial charge in [-0.1, -0.05) is 12.1 Å². The molecule has 0 aliphatic carbocycles. The monoisotopic (exact) mass is 259 g/mol. The fourth-order valence-corrected chi connectivity index (χ4v) is 1.78. The molecule has 0 aliphatic heterocycles. The standard InChI is InChI=1S/C11H9N5OS/c17-9(5-18)13-11-14-10-7-3-1-2-4-8(7)12-6-16(10)15-11/h1-4,6,18H,5H2,(H,13,15,17). The van der Waals surface area contributed by atoms with Gasteiger partial charge in [0.25, 0.3) is 0 Å². The summed E-state index contributed by atoms with van der Waals surface area (Å²) in [4.78, 5) is 19.8. The molecule has 1 N–H and O–H groups in total. The lowest BCUT2D eigenvalue weighted by Crippen LogP contribution is -2.13. The molecule has 90 valence electrons. The van der Waals surface area contributed by atoms with E-state index in [2.05, 4.69) is 33.0 Å². The first kappa shape index (κ1) is 11.0. The number of thiol groups is 1. The Bertz CT molecular complexity index is 738. The Morgan fingerprint density at radius 2 is 2.22 bits per heavy atom. The molecule has 1 aromatic carbocycles. The van der Waals surface area contributed by atoms with Gasteiger partial charge in [-0.25, -0.2) is 4.98 Å². The Morgan fingerprint density at radius 1 is 1.39 bits per heavy atom. The van der Waals surface area contributed by atoms with Crippen molar-refractivity contribution in [3.63, 3.8) is 0 Å². The van der Waals surface area contributed by atoms with E-state index in [0.717, 1.165) is 10.9 Å². The average molecular weight is 259 g/mol. The molecule has 0 saturated carbocycles. The number of para-hydroxylation sites is 1. The maximum absolute atomic E-state index is 11.2. The normalized spacial score (nSPS) is 10.9. The highest BCUT2D eigenvalue weighted by Gasteiger charge is 2.09. The van der Waals surface area contributed by atoms with E-state index in [4.69, 9.17) is 0 Å². The minimum Gasteiger partial charge on any atom is -0.292 e. The predicted molar refractivity (Wildman–Crippen MR) is 70.8 cm³/mol. The van der Waals surface area contributed by atoms with E-state index in [1.54, 1.807) is 6.33 Å². The highest BCUT2D eigenvalue weighted by molar-refractivity contribution is 7.81. The average Bonchev–Trinajstić information content (AvgIpc) is 2.81. The van der Waals surface area contributed by atoms with Crippen molar-refractivity contribution in [2.45, 2.75) is 0 Å². The molecule has 7 heteroatoms. The summed E-state index contributed by atoms with van der Waals surface area (Å²) in [6, 6.07) is 7.63. The fraction of sp³-hybridized carbons (Fsp3) is 0.0909. The SMILES string of the molecule is O=C(CS)Nc1nc2c3ccccc3ncn2n1. The van der Waals surface area contributed by atoms with Gasteiger partial charge in [-0.15, -0.1) is 5.10 Å². The van der Waals surface area contributed by atoms with Crippen LogP contribution in [0.4, 0.5) is 5.95 Å². The summed E-state index contributed by atoms with van der Waals surface area (Å²) in [5.41, 5.74) is 1.50. The Kier molecular flexibility index (Phi) is 2.60. The molecule has 6 nitrogen and oxygen atoms in total. The lowest BCUT2D eigenvalue weighted by atomic mass is 10.2. The van der Waals surface area contributed by atoms with Crippen molar-refractivity contribution < 1.29 is 4.79 Å². The summed E-state index contributed by atoms with van der Waals surface area (Å²) in [6.45, 7) is 0. The molecule has 0 saturated heterocycles. The van der Waals surface area contributed by atoms with Crippen molar-refractivity contribution in [1.29, 1.82) is 0 Å². The van der Waals surface area contributed by atoms with Crippen molar-refractivity contribution in [1.82, 2.24) is 19.6 Å². The molecule has 3 aromatic rings. The number of anilines is 1. The van der Waals surface area contributed by atoms with Gasteiger partial charge >= 0.3 is 0 Å². The van der Waals surface area contributed by atoms with Gasteiger partial charge in [0.05, 0.1) is 11.3 Å². The number of hydrogen-bond acceptors (Lipinski definition) is 5. The van der Waals surface area contributed by atoms with Crippen LogP contribution in [0.3, 0.4) is 0 Å². The molecular weight excluding hydrogens is 250 g/mol. The zero-order chi connectivity index (χ0) is 12.5. The van der Waals surface area contributed by atoms with E-state index in [1.807, 2.05) is 24.3 Å². The number of aromatic nitrogens is 4. The molecule has 1 amide bonds. The van der Waals surface area contributed by atoms with Crippen molar-refractivity contribution in [3.05, 3.63) is 30.6 Å². The second-order valence-electron chi connectivity index (χ2n) is 3.67. The van der Waals surface area contributed by atoms with Crippen LogP contribution in [0.1, 0.15) is 0 Å². The third-order valence-corrected chi connectivity index (χ3v) is 2.76. The molecule has 0 atom stereocenters. The zero-order valence-electron chi connectivity index (χ0n) is 9.24. The van der Waals surface area contributed by atoms with Gasteiger partial charge in [-0.3, -0.25) is 10.1 Å². The number of hydrogen-bond donors (Lipinski definition) is 2. The van der Waals surface area contributed by atoms with Crippen molar-refractivity contribution in [2.75, 3.05) is 11.1 Å². The summed E-state index contributed by atoms with van der Waals surface area (Å²) in [5, 5.41) is 7.58. The van der Waals surface area contributed by atoms with E-state index in [9.17, 15) is 4.79 Å². The van der Waals surface area contributed by atoms with Gasteiger partial charge in [0.15, 0.2) is 5.65 Å². The van der Waals surface area contributed by atoms with Gasteiger partial charge in [-0.2, -0.15) is 22.1 Å². The Labute approximate surface area is 107 Å². The smallest absolute Gasteiger partial charge is 0.249 e. The minimum absolute atomic E-state index is 0.0918. The summed E-state index contributed by atoms with van der Waals surface area (Å²) in [5.74, 6) is 0.105. The van der Waals surface area contributed by atoms with Gasteiger partial charge in [0.1, 0.15) is 6.33 Å². The highest BCUT2D eigenvalue weighted by atomic mass is 32.1. The molecule has 0 unspecified atom stereocenters. The summed E-state index contributed by atoms with van der Waals surface area (Å²) >= 11 is 3.88. The van der Waals surface area contributed by atoms with Crippen LogP contribution >= 0.6 is 12.6 Å². The number of amides is 1. The van der Waals surface area contributed by atoms with Crippen LogP contribution in [0.5, 0.6) is 0 Å². The summed E-state index contributed by atoms with van der Waals surface area (Å²) in [6.07, 6.45) is 1.57. The lowest BCUT2D eigenvalue weighted by Gasteiger charge is -1.96. The maximum Gasteiger partial charge on any atom is 0.249 e. The van der Waals surface area contributed by atoms with Crippen LogP contribution in [0.15, 0.2) is 30.6 Å². The third-order valence-electron chi connectivity index (χ3n) is 2.48. The summed E-state index contributed by atoms with van der Waals surface area (Å²) < 4.78 is 1.54. The van der Waals surface area contributed by atoms with Crippen LogP contribution in [0.25, 0.3) is 16.6 Å². The maximum atomic E-state index is 11.2. The van der Waals surface area contributed by atoms with Crippen molar-refractivity contribution in [3.8, 4) is 0 Å². The quantitative estimate of drug-likeness (QED) is 0.677. The summed E-state index contributed by atoms with van der Waals surface area (Å²) in [7, 11) is 0. The molecule has 2 aromatic heterocycles. The van der Waals surface area contributed by atoms with Gasteiger partial charge < -0.3 is 0 Å². The molecule has 2 heterocycles. The van der Waals surface area contributed by atoms with Gasteiger partial charge in [-0.05, 0) is 12.1 Å². The number of fused-ring (bicyclic) bond motifs is 3. The first-order valence-corrected chi connectivity index (χ1v) is 5.92. The van der Waals surface area contributed by atoms with Crippen LogP contribution in [0.2, 0.25) is 0 Å². The Hall–Kier alpha value is -2.15. The van der Waals surface area contributed by atoms with Gasteiger partial charge in [0, 0.05) is 5.39 Å². The topological polar surface area (TPSA) is 72.2 Å². The van der Waals surface area contributed by atoms with Crippen LogP contribution in [-0.2, 0) is 4.79 Å². The second kappa shape index (κ2) is 4.26. The second-order valence-corrected chi connectivity index (χ2v) is 3.99. The first-order chi connectivity index (χ1) is 8.78. The molecule has 18 heavy (non-hydrogen) atoms. The van der Waals surface area contributed by atoms with Crippen molar-refractivity contribution in [2.24, 2.45) is 0 Å². The molecule has 0 aliphatic rings. The Balaban J connectivity index is 2.16. The number of carbonyl (C=O) groups excluding carboxylic acids is 1. The third kappa shape index (κ3) is 1.78. The molecule has 3 rings (SSSR count). The van der Waals surface area contributed by atoms with Gasteiger partial charge in [0.2, 0.25) is 11.9 Å². The largest absolute Gasteiger partial charge is 0.292 e. The zero-order valence-corrected chi connectivity index (χ0v) is 10.1. The highest BCUT2D eigenvalue weighted by Crippen LogP contribution is 2.16. The molecule has 0 bridgehead atoms. The molecule has 0 fully saturated rings. The van der Waals surface area contributed by atoms with E-state index in [0.29, 0.717) is 5.65 Å².